The number of non-ortho nitro benzene ring substituents is 1. The number of nitrogens with zero attached hydrogens (tertiary/aromatic N) is 4. The van der Waals surface area contributed by atoms with Crippen molar-refractivity contribution in [2.45, 2.75) is 39.3 Å². The van der Waals surface area contributed by atoms with Crippen LogP contribution in [0, 0.1) is 10.1 Å². The van der Waals surface area contributed by atoms with Gasteiger partial charge in [-0.3, -0.25) is 30.6 Å². The molecule has 2 N–H and O–H groups in total. The number of hydrogen-bond acceptors (Lipinski definition) is 7. The number of carbonyl (C=O) groups is 2. The Morgan fingerprint density at radius 3 is 2.64 bits per heavy atom. The van der Waals surface area contributed by atoms with E-state index in [9.17, 15) is 19.7 Å². The summed E-state index contributed by atoms with van der Waals surface area (Å²) in [6, 6.07) is 6.97. The highest BCUT2D eigenvalue weighted by Gasteiger charge is 2.22. The predicted octanol–water partition coefficient (Wildman–Crippen LogP) is 3.10. The minimum Gasteiger partial charge on any atom is -0.361 e. The van der Waals surface area contributed by atoms with Crippen LogP contribution < -0.4 is 10.9 Å². The van der Waals surface area contributed by atoms with Crippen molar-refractivity contribution in [3.8, 4) is 11.3 Å². The summed E-state index contributed by atoms with van der Waals surface area (Å²) in [6.07, 6.45) is 2.91. The highest BCUT2D eigenvalue weighted by molar-refractivity contribution is 6.76. The lowest BCUT2D eigenvalue weighted by molar-refractivity contribution is -0.384. The number of fused-ring (bicyclic) bond motifs is 1. The topological polar surface area (TPSA) is 141 Å². The molecule has 11 nitrogen and oxygen atoms in total. The van der Waals surface area contributed by atoms with Crippen LogP contribution in [0.2, 0.25) is 25.7 Å². The molecular formula is C21H26N6O5Si. The van der Waals surface area contributed by atoms with Crippen LogP contribution in [0.15, 0.2) is 36.8 Å². The smallest absolute Gasteiger partial charge is 0.272 e. The first-order valence-electron chi connectivity index (χ1n) is 10.3. The van der Waals surface area contributed by atoms with Gasteiger partial charge in [0.2, 0.25) is 5.91 Å². The normalized spacial score (nSPS) is 11.4. The zero-order valence-corrected chi connectivity index (χ0v) is 19.9. The lowest BCUT2D eigenvalue weighted by Gasteiger charge is -2.15. The molecule has 0 aliphatic carbocycles. The first kappa shape index (κ1) is 24.0. The van der Waals surface area contributed by atoms with E-state index in [1.165, 1.54) is 25.4 Å². The highest BCUT2D eigenvalue weighted by atomic mass is 28.3. The molecule has 1 aromatic carbocycles. The van der Waals surface area contributed by atoms with E-state index in [0.29, 0.717) is 28.9 Å². The van der Waals surface area contributed by atoms with Crippen LogP contribution in [-0.2, 0) is 16.3 Å². The summed E-state index contributed by atoms with van der Waals surface area (Å²) < 4.78 is 7.52. The average Bonchev–Trinajstić information content (AvgIpc) is 3.13. The van der Waals surface area contributed by atoms with E-state index in [0.717, 1.165) is 6.04 Å². The molecule has 0 saturated carbocycles. The molecule has 0 atom stereocenters. The molecular weight excluding hydrogens is 444 g/mol. The molecule has 3 rings (SSSR count). The van der Waals surface area contributed by atoms with Crippen molar-refractivity contribution in [3.05, 3.63) is 52.5 Å². The van der Waals surface area contributed by atoms with Gasteiger partial charge in [0, 0.05) is 45.5 Å². The third-order valence-electron chi connectivity index (χ3n) is 4.81. The van der Waals surface area contributed by atoms with Crippen LogP contribution in [-0.4, -0.2) is 46.0 Å². The molecule has 3 aromatic rings. The first-order valence-corrected chi connectivity index (χ1v) is 14.0. The fourth-order valence-corrected chi connectivity index (χ4v) is 3.89. The van der Waals surface area contributed by atoms with E-state index in [4.69, 9.17) is 4.74 Å². The summed E-state index contributed by atoms with van der Waals surface area (Å²) in [7, 11) is -1.27. The summed E-state index contributed by atoms with van der Waals surface area (Å²) >= 11 is 0. The van der Waals surface area contributed by atoms with Crippen LogP contribution in [0.4, 0.5) is 5.69 Å². The van der Waals surface area contributed by atoms with Gasteiger partial charge in [-0.2, -0.15) is 0 Å². The average molecular weight is 471 g/mol. The molecule has 2 amide bonds. The second-order valence-corrected chi connectivity index (χ2v) is 14.3. The Balaban J connectivity index is 2.06. The van der Waals surface area contributed by atoms with Crippen LogP contribution in [0.3, 0.4) is 0 Å². The quantitative estimate of drug-likeness (QED) is 0.223. The van der Waals surface area contributed by atoms with E-state index in [1.807, 2.05) is 0 Å². The molecule has 0 unspecified atom stereocenters. The maximum atomic E-state index is 12.9. The molecule has 0 radical (unpaired) electrons. The zero-order chi connectivity index (χ0) is 24.2. The summed E-state index contributed by atoms with van der Waals surface area (Å²) in [5, 5.41) is 11.6. The second-order valence-electron chi connectivity index (χ2n) is 8.72. The molecule has 0 bridgehead atoms. The Kier molecular flexibility index (Phi) is 7.18. The van der Waals surface area contributed by atoms with E-state index < -0.39 is 24.8 Å². The predicted molar refractivity (Wildman–Crippen MR) is 125 cm³/mol. The molecule has 33 heavy (non-hydrogen) atoms. The molecule has 0 aliphatic heterocycles. The van der Waals surface area contributed by atoms with Gasteiger partial charge in [-0.05, 0) is 6.04 Å². The van der Waals surface area contributed by atoms with Gasteiger partial charge in [-0.25, -0.2) is 9.97 Å². The molecule has 2 aromatic heterocycles. The Hall–Kier alpha value is -3.64. The fourth-order valence-electron chi connectivity index (χ4n) is 3.13. The molecule has 12 heteroatoms. The number of nitro groups is 1. The monoisotopic (exact) mass is 470 g/mol. The molecule has 0 fully saturated rings. The largest absolute Gasteiger partial charge is 0.361 e. The minimum atomic E-state index is -1.27. The van der Waals surface area contributed by atoms with E-state index in [1.54, 1.807) is 22.9 Å². The van der Waals surface area contributed by atoms with Crippen molar-refractivity contribution in [1.82, 2.24) is 25.4 Å². The summed E-state index contributed by atoms with van der Waals surface area (Å²) in [5.41, 5.74) is 5.97. The summed E-state index contributed by atoms with van der Waals surface area (Å²) in [5.74, 6) is -1.01. The molecule has 0 saturated heterocycles. The maximum Gasteiger partial charge on any atom is 0.272 e. The van der Waals surface area contributed by atoms with Crippen molar-refractivity contribution in [2.24, 2.45) is 0 Å². The van der Waals surface area contributed by atoms with Gasteiger partial charge in [0.05, 0.1) is 21.6 Å². The van der Waals surface area contributed by atoms with Crippen LogP contribution in [0.25, 0.3) is 22.3 Å². The van der Waals surface area contributed by atoms with Crippen LogP contribution >= 0.6 is 0 Å². The van der Waals surface area contributed by atoms with E-state index in [2.05, 4.69) is 40.5 Å². The standard InChI is InChI=1S/C21H26N6O5Si/c1-14(28)24-25-21(29)17-11-26(13-32-8-9-33(2,3)4)20-18(17)19(22-12-23-20)15-6-5-7-16(10-15)27(30)31/h5-7,10-12H,8-9,13H2,1-4H3,(H,24,28)(H,25,29). The van der Waals surface area contributed by atoms with Gasteiger partial charge in [-0.15, -0.1) is 0 Å². The summed E-state index contributed by atoms with van der Waals surface area (Å²) in [4.78, 5) is 43.5. The molecule has 174 valence electrons. The maximum absolute atomic E-state index is 12.9. The first-order chi connectivity index (χ1) is 15.6. The van der Waals surface area contributed by atoms with Gasteiger partial charge < -0.3 is 9.30 Å². The lowest BCUT2D eigenvalue weighted by Crippen LogP contribution is -2.40. The van der Waals surface area contributed by atoms with Crippen LogP contribution in [0.1, 0.15) is 17.3 Å². The van der Waals surface area contributed by atoms with Gasteiger partial charge >= 0.3 is 0 Å². The molecule has 2 heterocycles. The van der Waals surface area contributed by atoms with Gasteiger partial charge in [-0.1, -0.05) is 31.8 Å². The Morgan fingerprint density at radius 1 is 1.21 bits per heavy atom. The Bertz CT molecular complexity index is 1200. The fraction of sp³-hybridized carbons (Fsp3) is 0.333. The SMILES string of the molecule is CC(=O)NNC(=O)c1cn(COCC[Si](C)(C)C)c2ncnc(-c3cccc([N+](=O)[O-])c3)c12. The van der Waals surface area contributed by atoms with Crippen molar-refractivity contribution in [1.29, 1.82) is 0 Å². The van der Waals surface area contributed by atoms with Crippen molar-refractivity contribution in [3.63, 3.8) is 0 Å². The third-order valence-corrected chi connectivity index (χ3v) is 6.51. The Morgan fingerprint density at radius 2 is 1.97 bits per heavy atom. The zero-order valence-electron chi connectivity index (χ0n) is 18.9. The van der Waals surface area contributed by atoms with E-state index in [-0.39, 0.29) is 18.0 Å². The molecule has 0 spiro atoms. The van der Waals surface area contributed by atoms with Crippen molar-refractivity contribution >= 4 is 36.6 Å². The number of hydrogen-bond donors (Lipinski definition) is 2. The number of hydrazine groups is 1. The van der Waals surface area contributed by atoms with E-state index >= 15 is 0 Å². The number of carbonyl (C=O) groups excluding carboxylic acids is 2. The number of ether oxygens (including phenoxy) is 1. The second kappa shape index (κ2) is 9.88. The van der Waals surface area contributed by atoms with Gasteiger partial charge in [0.15, 0.2) is 0 Å². The molecule has 0 aliphatic rings. The Labute approximate surface area is 191 Å². The van der Waals surface area contributed by atoms with Crippen molar-refractivity contribution in [2.75, 3.05) is 6.61 Å². The number of benzene rings is 1. The number of nitro benzene ring substituents is 1. The highest BCUT2D eigenvalue weighted by Crippen LogP contribution is 2.31. The summed E-state index contributed by atoms with van der Waals surface area (Å²) in [6.45, 7) is 8.78. The van der Waals surface area contributed by atoms with Crippen molar-refractivity contribution < 1.29 is 19.2 Å². The minimum absolute atomic E-state index is 0.0994. The number of amides is 2. The van der Waals surface area contributed by atoms with Gasteiger partial charge in [0.25, 0.3) is 11.6 Å². The van der Waals surface area contributed by atoms with Gasteiger partial charge in [0.1, 0.15) is 18.7 Å². The number of nitrogens with one attached hydrogen (secondary N) is 2. The van der Waals surface area contributed by atoms with Crippen LogP contribution in [0.5, 0.6) is 0 Å². The third kappa shape index (κ3) is 5.99. The lowest BCUT2D eigenvalue weighted by atomic mass is 10.1. The number of rotatable bonds is 8. The number of aromatic nitrogens is 3.